The number of nitrogens with zero attached hydrogens (tertiary/aromatic N) is 2. The zero-order valence-electron chi connectivity index (χ0n) is 13.9. The molecule has 1 aromatic carbocycles. The van der Waals surface area contributed by atoms with Crippen molar-refractivity contribution in [1.82, 2.24) is 9.55 Å². The monoisotopic (exact) mass is 332 g/mol. The average Bonchev–Trinajstić information content (AvgIpc) is 3.29. The zero-order valence-corrected chi connectivity index (χ0v) is 13.9. The number of benzene rings is 1. The van der Waals surface area contributed by atoms with Crippen molar-refractivity contribution in [1.29, 1.82) is 0 Å². The molecule has 7 nitrogen and oxygen atoms in total. The van der Waals surface area contributed by atoms with Crippen LogP contribution in [0.4, 0.5) is 0 Å². The van der Waals surface area contributed by atoms with E-state index in [0.717, 1.165) is 18.4 Å². The van der Waals surface area contributed by atoms with Crippen molar-refractivity contribution in [3.63, 3.8) is 0 Å². The summed E-state index contributed by atoms with van der Waals surface area (Å²) in [5.74, 6) is 1.03. The van der Waals surface area contributed by atoms with Crippen molar-refractivity contribution >= 4 is 5.97 Å². The lowest BCUT2D eigenvalue weighted by Gasteiger charge is -2.13. The molecule has 2 aromatic rings. The van der Waals surface area contributed by atoms with Gasteiger partial charge in [0.05, 0.1) is 27.0 Å². The van der Waals surface area contributed by atoms with Gasteiger partial charge in [-0.25, -0.2) is 9.78 Å². The number of imidazole rings is 1. The maximum atomic E-state index is 12.1. The van der Waals surface area contributed by atoms with E-state index in [9.17, 15) is 4.79 Å². The molecular formula is C17H20N2O5. The summed E-state index contributed by atoms with van der Waals surface area (Å²) >= 11 is 0. The highest BCUT2D eigenvalue weighted by atomic mass is 16.5. The Hall–Kier alpha value is -2.54. The molecule has 0 unspecified atom stereocenters. The fourth-order valence-corrected chi connectivity index (χ4v) is 2.73. The first kappa shape index (κ1) is 16.3. The molecule has 0 spiro atoms. The highest BCUT2D eigenvalue weighted by Crippen LogP contribution is 2.32. The summed E-state index contributed by atoms with van der Waals surface area (Å²) in [7, 11) is 4.51. The van der Waals surface area contributed by atoms with Gasteiger partial charge in [0.2, 0.25) is 5.82 Å². The highest BCUT2D eigenvalue weighted by molar-refractivity contribution is 5.86. The van der Waals surface area contributed by atoms with Crippen molar-refractivity contribution in [3.8, 4) is 22.8 Å². The van der Waals surface area contributed by atoms with Crippen LogP contribution in [0, 0.1) is 0 Å². The van der Waals surface area contributed by atoms with Gasteiger partial charge in [0.1, 0.15) is 17.7 Å². The van der Waals surface area contributed by atoms with Gasteiger partial charge in [-0.15, -0.1) is 0 Å². The van der Waals surface area contributed by atoms with Gasteiger partial charge in [0.25, 0.3) is 0 Å². The topological polar surface area (TPSA) is 71.8 Å². The molecule has 1 saturated heterocycles. The van der Waals surface area contributed by atoms with Gasteiger partial charge in [0.15, 0.2) is 0 Å². The normalized spacial score (nSPS) is 16.9. The summed E-state index contributed by atoms with van der Waals surface area (Å²) in [4.78, 5) is 16.5. The first-order valence-corrected chi connectivity index (χ1v) is 7.68. The van der Waals surface area contributed by atoms with Crippen LogP contribution in [0.25, 0.3) is 11.3 Å². The number of carbonyl (C=O) groups excluding carboxylic acids is 1. The van der Waals surface area contributed by atoms with Crippen LogP contribution in [-0.2, 0) is 9.47 Å². The molecule has 0 saturated carbocycles. The molecule has 1 atom stereocenters. The predicted molar refractivity (Wildman–Crippen MR) is 86.3 cm³/mol. The van der Waals surface area contributed by atoms with Gasteiger partial charge < -0.3 is 18.9 Å². The van der Waals surface area contributed by atoms with Crippen LogP contribution in [0.5, 0.6) is 11.5 Å². The van der Waals surface area contributed by atoms with Crippen molar-refractivity contribution in [2.75, 3.05) is 27.9 Å². The number of aromatic nitrogens is 2. The molecule has 0 N–H and O–H groups in total. The highest BCUT2D eigenvalue weighted by Gasteiger charge is 2.26. The Bertz CT molecular complexity index is 712. The molecule has 0 bridgehead atoms. The average molecular weight is 332 g/mol. The standard InChI is InChI=1S/C17H20N2O5/c1-21-12-7-11(8-13(9-12)22-2)14-10-19(15-5-4-6-24-15)16(18-14)17(20)23-3/h7-10,15H,4-6H2,1-3H3/t15-/m0/s1. The second kappa shape index (κ2) is 6.92. The van der Waals surface area contributed by atoms with Gasteiger partial charge in [0, 0.05) is 24.4 Å². The molecule has 0 amide bonds. The third-order valence-electron chi connectivity index (χ3n) is 3.96. The number of carbonyl (C=O) groups is 1. The Morgan fingerprint density at radius 2 is 1.92 bits per heavy atom. The van der Waals surface area contributed by atoms with E-state index in [0.29, 0.717) is 23.8 Å². The van der Waals surface area contributed by atoms with E-state index in [1.165, 1.54) is 7.11 Å². The fourth-order valence-electron chi connectivity index (χ4n) is 2.73. The molecule has 2 heterocycles. The smallest absolute Gasteiger partial charge is 0.374 e. The molecular weight excluding hydrogens is 312 g/mol. The van der Waals surface area contributed by atoms with Crippen LogP contribution in [-0.4, -0.2) is 43.5 Å². The SMILES string of the molecule is COC(=O)c1nc(-c2cc(OC)cc(OC)c2)cn1[C@@H]1CCCO1. The molecule has 7 heteroatoms. The van der Waals surface area contributed by atoms with Crippen LogP contribution in [0.1, 0.15) is 29.7 Å². The van der Waals surface area contributed by atoms with Gasteiger partial charge in [-0.05, 0) is 25.0 Å². The van der Waals surface area contributed by atoms with Crippen LogP contribution in [0.2, 0.25) is 0 Å². The quantitative estimate of drug-likeness (QED) is 0.784. The number of hydrogen-bond acceptors (Lipinski definition) is 6. The summed E-state index contributed by atoms with van der Waals surface area (Å²) in [6.45, 7) is 0.672. The Balaban J connectivity index is 2.06. The summed E-state index contributed by atoms with van der Waals surface area (Å²) in [6, 6.07) is 5.46. The molecule has 24 heavy (non-hydrogen) atoms. The Morgan fingerprint density at radius 3 is 2.46 bits per heavy atom. The summed E-state index contributed by atoms with van der Waals surface area (Å²) < 4.78 is 22.9. The maximum absolute atomic E-state index is 12.1. The Kier molecular flexibility index (Phi) is 4.71. The van der Waals surface area contributed by atoms with E-state index in [1.807, 2.05) is 12.1 Å². The Morgan fingerprint density at radius 1 is 1.21 bits per heavy atom. The Labute approximate surface area is 140 Å². The van der Waals surface area contributed by atoms with E-state index >= 15 is 0 Å². The summed E-state index contributed by atoms with van der Waals surface area (Å²) in [5, 5.41) is 0. The number of esters is 1. The molecule has 1 aromatic heterocycles. The first-order valence-electron chi connectivity index (χ1n) is 7.68. The minimum Gasteiger partial charge on any atom is -0.497 e. The number of hydrogen-bond donors (Lipinski definition) is 0. The van der Waals surface area contributed by atoms with Crippen LogP contribution in [0.3, 0.4) is 0 Å². The van der Waals surface area contributed by atoms with Crippen molar-refractivity contribution < 1.29 is 23.7 Å². The molecule has 3 rings (SSSR count). The molecule has 128 valence electrons. The predicted octanol–water partition coefficient (Wildman–Crippen LogP) is 2.66. The van der Waals surface area contributed by atoms with Gasteiger partial charge >= 0.3 is 5.97 Å². The maximum Gasteiger partial charge on any atom is 0.374 e. The lowest BCUT2D eigenvalue weighted by atomic mass is 10.1. The van der Waals surface area contributed by atoms with E-state index in [4.69, 9.17) is 18.9 Å². The molecule has 0 aliphatic carbocycles. The van der Waals surface area contributed by atoms with Crippen LogP contribution < -0.4 is 9.47 Å². The zero-order chi connectivity index (χ0) is 17.1. The van der Waals surface area contributed by atoms with Crippen molar-refractivity contribution in [2.24, 2.45) is 0 Å². The second-order valence-electron chi connectivity index (χ2n) is 5.42. The van der Waals surface area contributed by atoms with E-state index < -0.39 is 5.97 Å². The van der Waals surface area contributed by atoms with Gasteiger partial charge in [-0.3, -0.25) is 4.57 Å². The number of ether oxygens (including phenoxy) is 4. The second-order valence-corrected chi connectivity index (χ2v) is 5.42. The molecule has 0 radical (unpaired) electrons. The fraction of sp³-hybridized carbons (Fsp3) is 0.412. The molecule has 1 aliphatic rings. The van der Waals surface area contributed by atoms with Crippen LogP contribution in [0.15, 0.2) is 24.4 Å². The minimum absolute atomic E-state index is 0.201. The summed E-state index contributed by atoms with van der Waals surface area (Å²) in [5.41, 5.74) is 1.41. The van der Waals surface area contributed by atoms with E-state index in [-0.39, 0.29) is 12.1 Å². The van der Waals surface area contributed by atoms with Gasteiger partial charge in [-0.2, -0.15) is 0 Å². The largest absolute Gasteiger partial charge is 0.497 e. The number of rotatable bonds is 5. The van der Waals surface area contributed by atoms with Crippen molar-refractivity contribution in [3.05, 3.63) is 30.2 Å². The number of methoxy groups -OCH3 is 3. The lowest BCUT2D eigenvalue weighted by Crippen LogP contribution is -2.15. The lowest BCUT2D eigenvalue weighted by molar-refractivity contribution is 0.0424. The van der Waals surface area contributed by atoms with E-state index in [2.05, 4.69) is 4.98 Å². The third-order valence-corrected chi connectivity index (χ3v) is 3.96. The third kappa shape index (κ3) is 3.07. The minimum atomic E-state index is -0.494. The van der Waals surface area contributed by atoms with Gasteiger partial charge in [-0.1, -0.05) is 0 Å². The molecule has 1 aliphatic heterocycles. The van der Waals surface area contributed by atoms with Crippen molar-refractivity contribution in [2.45, 2.75) is 19.1 Å². The van der Waals surface area contributed by atoms with E-state index in [1.54, 1.807) is 31.0 Å². The summed E-state index contributed by atoms with van der Waals surface area (Å²) in [6.07, 6.45) is 3.39. The first-order chi connectivity index (χ1) is 11.7. The molecule has 1 fully saturated rings. The van der Waals surface area contributed by atoms with Crippen LogP contribution >= 0.6 is 0 Å².